The van der Waals surface area contributed by atoms with E-state index < -0.39 is 23.8 Å². The lowest BCUT2D eigenvalue weighted by Crippen LogP contribution is -2.22. The summed E-state index contributed by atoms with van der Waals surface area (Å²) in [4.78, 5) is 20.2. The number of carboxylic acids is 1. The van der Waals surface area contributed by atoms with Crippen LogP contribution in [0, 0.1) is 0 Å². The summed E-state index contributed by atoms with van der Waals surface area (Å²) in [6, 6.07) is 0. The van der Waals surface area contributed by atoms with Crippen LogP contribution in [0.4, 0.5) is 0 Å². The molecule has 0 aromatic carbocycles. The standard InChI is InChI=1S/C4H6BrClO.C4H7BrO2.Cl2OS/c2*1-4(2,5)3(6)7;1-4(2)3/h1-2H3;1-2H3,(H,6,7);. The molecule has 18 heavy (non-hydrogen) atoms. The largest absolute Gasteiger partial charge is 0.480 e. The third-order valence-electron chi connectivity index (χ3n) is 0.976. The van der Waals surface area contributed by atoms with Gasteiger partial charge in [0.05, 0.1) is 4.32 Å². The minimum absolute atomic E-state index is 0.368. The van der Waals surface area contributed by atoms with E-state index in [0.29, 0.717) is 0 Å². The fourth-order valence-corrected chi connectivity index (χ4v) is 0. The number of hydrogen-bond acceptors (Lipinski definition) is 3. The number of rotatable bonds is 2. The smallest absolute Gasteiger partial charge is 0.319 e. The van der Waals surface area contributed by atoms with Crippen molar-refractivity contribution < 1.29 is 18.9 Å². The van der Waals surface area contributed by atoms with Gasteiger partial charge in [-0.1, -0.05) is 31.9 Å². The molecule has 0 amide bonds. The minimum atomic E-state index is -1.67. The van der Waals surface area contributed by atoms with Gasteiger partial charge < -0.3 is 5.11 Å². The van der Waals surface area contributed by atoms with Crippen LogP contribution in [0.1, 0.15) is 27.7 Å². The summed E-state index contributed by atoms with van der Waals surface area (Å²) in [6.07, 6.45) is 0. The Labute approximate surface area is 139 Å². The van der Waals surface area contributed by atoms with Crippen LogP contribution in [0.2, 0.25) is 0 Å². The molecule has 0 aliphatic carbocycles. The Kier molecular flexibility index (Phi) is 14.6. The quantitative estimate of drug-likeness (QED) is 0.484. The molecule has 0 unspecified atom stereocenters. The SMILES string of the molecule is CC(C)(Br)C(=O)Cl.CC(C)(Br)C(=O)O.O=S(Cl)Cl. The Bertz CT molecular complexity index is 272. The number of carbonyl (C=O) groups excluding carboxylic acids is 1. The van der Waals surface area contributed by atoms with Crippen molar-refractivity contribution in [2.75, 3.05) is 0 Å². The van der Waals surface area contributed by atoms with E-state index in [2.05, 4.69) is 53.2 Å². The van der Waals surface area contributed by atoms with Crippen LogP contribution >= 0.6 is 64.8 Å². The fourth-order valence-electron chi connectivity index (χ4n) is 0. The van der Waals surface area contributed by atoms with Crippen LogP contribution in [-0.2, 0) is 18.8 Å². The van der Waals surface area contributed by atoms with E-state index in [1.165, 1.54) is 0 Å². The number of carbonyl (C=O) groups is 2. The van der Waals surface area contributed by atoms with Crippen LogP contribution < -0.4 is 0 Å². The summed E-state index contributed by atoms with van der Waals surface area (Å²) >= 11 is 11.1. The monoisotopic (exact) mass is 468 g/mol. The Balaban J connectivity index is -0.000000196. The maximum absolute atomic E-state index is 10.2. The summed E-state index contributed by atoms with van der Waals surface area (Å²) in [6.45, 7) is 6.55. The first-order chi connectivity index (χ1) is 7.62. The van der Waals surface area contributed by atoms with Crippen molar-refractivity contribution in [3.63, 3.8) is 0 Å². The van der Waals surface area contributed by atoms with E-state index in [4.69, 9.17) is 20.9 Å². The first-order valence-electron chi connectivity index (χ1n) is 4.17. The lowest BCUT2D eigenvalue weighted by Gasteiger charge is -2.06. The maximum atomic E-state index is 10.2. The van der Waals surface area contributed by atoms with Crippen LogP contribution in [0.5, 0.6) is 0 Å². The van der Waals surface area contributed by atoms with E-state index in [1.807, 2.05) is 0 Å². The predicted molar refractivity (Wildman–Crippen MR) is 84.4 cm³/mol. The van der Waals surface area contributed by atoms with Gasteiger partial charge in [0.1, 0.15) is 4.32 Å². The van der Waals surface area contributed by atoms with Crippen LogP contribution in [0.25, 0.3) is 0 Å². The zero-order valence-corrected chi connectivity index (χ0v) is 16.2. The second-order valence-corrected chi connectivity index (χ2v) is 10.5. The lowest BCUT2D eigenvalue weighted by atomic mass is 10.2. The molecule has 4 nitrogen and oxygen atoms in total. The number of hydrogen-bond donors (Lipinski definition) is 1. The second kappa shape index (κ2) is 10.9. The Morgan fingerprint density at radius 2 is 1.17 bits per heavy atom. The molecule has 0 aromatic heterocycles. The lowest BCUT2D eigenvalue weighted by molar-refractivity contribution is -0.138. The summed E-state index contributed by atoms with van der Waals surface area (Å²) in [5.74, 6) is -0.840. The minimum Gasteiger partial charge on any atom is -0.480 e. The second-order valence-electron chi connectivity index (χ2n) is 3.71. The number of aliphatic carboxylic acids is 1. The highest BCUT2D eigenvalue weighted by molar-refractivity contribution is 9.10. The first kappa shape index (κ1) is 24.2. The van der Waals surface area contributed by atoms with E-state index in [0.717, 1.165) is 0 Å². The molecule has 0 fully saturated rings. The first-order valence-corrected chi connectivity index (χ1v) is 8.94. The average Bonchev–Trinajstić information content (AvgIpc) is 1.99. The van der Waals surface area contributed by atoms with Crippen LogP contribution in [-0.4, -0.2) is 29.2 Å². The molecule has 110 valence electrons. The predicted octanol–water partition coefficient (Wildman–Crippen LogP) is 4.21. The van der Waals surface area contributed by atoms with Gasteiger partial charge >= 0.3 is 5.97 Å². The normalized spacial score (nSPS) is 10.8. The van der Waals surface area contributed by atoms with Gasteiger partial charge in [-0.3, -0.25) is 9.59 Å². The van der Waals surface area contributed by atoms with Gasteiger partial charge in [-0.05, 0) is 39.3 Å². The molecule has 0 rings (SSSR count). The molecule has 0 saturated carbocycles. The van der Waals surface area contributed by atoms with E-state index >= 15 is 0 Å². The van der Waals surface area contributed by atoms with Crippen molar-refractivity contribution in [2.24, 2.45) is 0 Å². The summed E-state index contributed by atoms with van der Waals surface area (Å²) in [5, 5.41) is 7.84. The zero-order chi connectivity index (χ0) is 15.7. The zero-order valence-electron chi connectivity index (χ0n) is 9.97. The molecule has 0 aliphatic rings. The molecule has 1 N–H and O–H groups in total. The molecule has 0 aromatic rings. The van der Waals surface area contributed by atoms with Gasteiger partial charge in [-0.2, -0.15) is 0 Å². The van der Waals surface area contributed by atoms with Gasteiger partial charge in [0.2, 0.25) is 14.5 Å². The van der Waals surface area contributed by atoms with Gasteiger partial charge in [-0.15, -0.1) is 0 Å². The van der Waals surface area contributed by atoms with Gasteiger partial charge in [-0.25, -0.2) is 4.21 Å². The molecule has 0 radical (unpaired) electrons. The van der Waals surface area contributed by atoms with Crippen LogP contribution in [0.3, 0.4) is 0 Å². The summed E-state index contributed by atoms with van der Waals surface area (Å²) < 4.78 is 7.75. The molecule has 0 spiro atoms. The highest BCUT2D eigenvalue weighted by Gasteiger charge is 2.21. The molecule has 10 heteroatoms. The number of alkyl halides is 2. The molecule has 0 aliphatic heterocycles. The highest BCUT2D eigenvalue weighted by atomic mass is 79.9. The van der Waals surface area contributed by atoms with E-state index in [1.54, 1.807) is 27.7 Å². The van der Waals surface area contributed by atoms with Gasteiger partial charge in [0, 0.05) is 21.4 Å². The van der Waals surface area contributed by atoms with Gasteiger partial charge in [0.15, 0.2) is 0 Å². The van der Waals surface area contributed by atoms with E-state index in [-0.39, 0.29) is 5.24 Å². The fraction of sp³-hybridized carbons (Fsp3) is 0.750. The summed E-state index contributed by atoms with van der Waals surface area (Å²) in [7, 11) is 7.36. The van der Waals surface area contributed by atoms with Crippen molar-refractivity contribution in [2.45, 2.75) is 36.3 Å². The molecule has 0 heterocycles. The third kappa shape index (κ3) is 25.8. The van der Waals surface area contributed by atoms with Crippen molar-refractivity contribution in [3.8, 4) is 0 Å². The molecular weight excluding hydrogens is 458 g/mol. The number of halogens is 5. The van der Waals surface area contributed by atoms with Crippen molar-refractivity contribution in [1.82, 2.24) is 0 Å². The average molecular weight is 471 g/mol. The third-order valence-corrected chi connectivity index (χ3v) is 2.38. The molecule has 0 bridgehead atoms. The highest BCUT2D eigenvalue weighted by Crippen LogP contribution is 2.18. The maximum Gasteiger partial charge on any atom is 0.319 e. The Morgan fingerprint density at radius 1 is 1.06 bits per heavy atom. The van der Waals surface area contributed by atoms with Crippen molar-refractivity contribution in [1.29, 1.82) is 0 Å². The molecular formula is C8H13Br2Cl3O4S. The van der Waals surface area contributed by atoms with Crippen molar-refractivity contribution in [3.05, 3.63) is 0 Å². The van der Waals surface area contributed by atoms with E-state index in [9.17, 15) is 9.59 Å². The van der Waals surface area contributed by atoms with Crippen LogP contribution in [0.15, 0.2) is 0 Å². The molecule has 0 atom stereocenters. The Morgan fingerprint density at radius 3 is 1.17 bits per heavy atom. The molecule has 0 saturated heterocycles. The topological polar surface area (TPSA) is 71.4 Å². The number of carboxylic acid groups (broad SMARTS) is 1. The summed E-state index contributed by atoms with van der Waals surface area (Å²) in [5.41, 5.74) is 0. The van der Waals surface area contributed by atoms with Gasteiger partial charge in [0.25, 0.3) is 0 Å². The Hall–Kier alpha value is 1.12. The van der Waals surface area contributed by atoms with Crippen molar-refractivity contribution >= 4 is 85.3 Å².